The van der Waals surface area contributed by atoms with Crippen LogP contribution >= 0.6 is 11.6 Å². The van der Waals surface area contributed by atoms with Crippen molar-refractivity contribution in [3.8, 4) is 22.8 Å². The van der Waals surface area contributed by atoms with Gasteiger partial charge in [-0.1, -0.05) is 24.6 Å². The second-order valence-electron chi connectivity index (χ2n) is 7.04. The molecule has 0 amide bonds. The van der Waals surface area contributed by atoms with E-state index < -0.39 is 11.7 Å². The first-order chi connectivity index (χ1) is 13.3. The molecule has 0 radical (unpaired) electrons. The second-order valence-corrected chi connectivity index (χ2v) is 7.44. The topological polar surface area (TPSA) is 56.5 Å². The van der Waals surface area contributed by atoms with Crippen LogP contribution in [0.1, 0.15) is 50.4 Å². The van der Waals surface area contributed by atoms with Gasteiger partial charge in [0.05, 0.1) is 17.1 Å². The molecular formula is C19H19ClF3N5. The molecule has 0 spiro atoms. The molecule has 0 saturated heterocycles. The number of aromatic nitrogens is 5. The van der Waals surface area contributed by atoms with Gasteiger partial charge in [0.25, 0.3) is 0 Å². The van der Waals surface area contributed by atoms with E-state index in [9.17, 15) is 13.2 Å². The Morgan fingerprint density at radius 3 is 2.46 bits per heavy atom. The Morgan fingerprint density at radius 2 is 1.89 bits per heavy atom. The molecule has 9 heteroatoms. The van der Waals surface area contributed by atoms with Crippen LogP contribution in [0, 0.1) is 5.92 Å². The molecular weight excluding hydrogens is 391 g/mol. The third kappa shape index (κ3) is 3.45. The Balaban J connectivity index is 1.85. The maximum Gasteiger partial charge on any atom is 0.416 e. The van der Waals surface area contributed by atoms with Gasteiger partial charge in [0.1, 0.15) is 17.2 Å². The highest BCUT2D eigenvalue weighted by Gasteiger charge is 2.35. The first-order valence-corrected chi connectivity index (χ1v) is 9.69. The van der Waals surface area contributed by atoms with Gasteiger partial charge in [-0.3, -0.25) is 0 Å². The van der Waals surface area contributed by atoms with E-state index in [4.69, 9.17) is 11.6 Å². The Labute approximate surface area is 165 Å². The molecule has 0 bridgehead atoms. The van der Waals surface area contributed by atoms with Crippen molar-refractivity contribution in [3.63, 3.8) is 0 Å². The smallest absolute Gasteiger partial charge is 0.227 e. The summed E-state index contributed by atoms with van der Waals surface area (Å²) < 4.78 is 38.9. The molecule has 4 rings (SSSR count). The van der Waals surface area contributed by atoms with Crippen LogP contribution in [0.15, 0.2) is 18.2 Å². The number of halogens is 4. The normalized spacial score (nSPS) is 15.9. The van der Waals surface area contributed by atoms with Crippen molar-refractivity contribution in [2.45, 2.75) is 51.7 Å². The first kappa shape index (κ1) is 19.1. The quantitative estimate of drug-likeness (QED) is 0.563. The van der Waals surface area contributed by atoms with Crippen molar-refractivity contribution < 1.29 is 13.2 Å². The number of rotatable bonds is 5. The van der Waals surface area contributed by atoms with Gasteiger partial charge in [-0.2, -0.15) is 23.1 Å². The molecule has 1 aromatic carbocycles. The van der Waals surface area contributed by atoms with E-state index >= 15 is 0 Å². The van der Waals surface area contributed by atoms with Crippen LogP contribution in [0.2, 0.25) is 5.02 Å². The number of aryl methyl sites for hydroxylation is 1. The predicted molar refractivity (Wildman–Crippen MR) is 99.1 cm³/mol. The molecule has 2 heterocycles. The number of alkyl halides is 3. The highest BCUT2D eigenvalue weighted by Crippen LogP contribution is 2.45. The van der Waals surface area contributed by atoms with Crippen molar-refractivity contribution in [2.24, 2.45) is 5.92 Å². The maximum absolute atomic E-state index is 13.0. The molecule has 1 aliphatic carbocycles. The zero-order valence-electron chi connectivity index (χ0n) is 15.5. The summed E-state index contributed by atoms with van der Waals surface area (Å²) in [4.78, 5) is 10.8. The van der Waals surface area contributed by atoms with E-state index in [1.807, 2.05) is 6.92 Å². The maximum atomic E-state index is 13.0. The molecule has 0 aromatic heterocycles. The van der Waals surface area contributed by atoms with Gasteiger partial charge < -0.3 is 0 Å². The third-order valence-corrected chi connectivity index (χ3v) is 5.42. The fourth-order valence-electron chi connectivity index (χ4n) is 3.47. The summed E-state index contributed by atoms with van der Waals surface area (Å²) in [7, 11) is 0. The zero-order chi connectivity index (χ0) is 20.1. The fourth-order valence-corrected chi connectivity index (χ4v) is 3.74. The molecule has 1 saturated carbocycles. The van der Waals surface area contributed by atoms with Gasteiger partial charge in [0.2, 0.25) is 5.82 Å². The van der Waals surface area contributed by atoms with E-state index in [0.717, 1.165) is 24.4 Å². The summed E-state index contributed by atoms with van der Waals surface area (Å²) in [5.74, 6) is 2.02. The van der Waals surface area contributed by atoms with Gasteiger partial charge in [-0.15, -0.1) is 5.10 Å². The minimum atomic E-state index is -4.46. The minimum Gasteiger partial charge on any atom is -0.227 e. The van der Waals surface area contributed by atoms with Crippen LogP contribution in [0.5, 0.6) is 0 Å². The lowest BCUT2D eigenvalue weighted by molar-refractivity contribution is -0.137. The van der Waals surface area contributed by atoms with E-state index in [1.54, 1.807) is 0 Å². The molecule has 1 fully saturated rings. The van der Waals surface area contributed by atoms with E-state index in [0.29, 0.717) is 35.2 Å². The summed E-state index contributed by atoms with van der Waals surface area (Å²) in [6, 6.07) is 3.25. The van der Waals surface area contributed by atoms with Crippen LogP contribution in [-0.2, 0) is 12.7 Å². The van der Waals surface area contributed by atoms with Crippen LogP contribution in [0.25, 0.3) is 22.8 Å². The number of nitrogens with zero attached hydrogens (tertiary/aromatic N) is 5. The fraction of sp³-hybridized carbons (Fsp3) is 0.474. The number of benzene rings is 1. The van der Waals surface area contributed by atoms with Gasteiger partial charge in [-0.05, 0) is 44.2 Å². The molecule has 3 aliphatic rings. The second kappa shape index (κ2) is 6.99. The van der Waals surface area contributed by atoms with Crippen LogP contribution in [0.3, 0.4) is 0 Å². The first-order valence-electron chi connectivity index (χ1n) is 9.31. The van der Waals surface area contributed by atoms with Crippen molar-refractivity contribution >= 4 is 11.6 Å². The summed E-state index contributed by atoms with van der Waals surface area (Å²) in [6.07, 6.45) is -1.19. The van der Waals surface area contributed by atoms with E-state index in [1.165, 1.54) is 23.7 Å². The standard InChI is InChI=1S/C19H19ClF3N5/c1-3-12(10-5-6-10)17-24-16-15(26-28(4-2)27-18(16)25-17)13-8-7-11(9-14(13)20)19(21,22)23/h7-10,12H,3-6H2,1-2H3. The van der Waals surface area contributed by atoms with Crippen molar-refractivity contribution in [1.82, 2.24) is 25.0 Å². The van der Waals surface area contributed by atoms with Crippen molar-refractivity contribution in [1.29, 1.82) is 0 Å². The van der Waals surface area contributed by atoms with Crippen LogP contribution < -0.4 is 0 Å². The van der Waals surface area contributed by atoms with Gasteiger partial charge in [0, 0.05) is 11.5 Å². The Bertz CT molecular complexity index is 980. The minimum absolute atomic E-state index is 0.0312. The van der Waals surface area contributed by atoms with Crippen LogP contribution in [-0.4, -0.2) is 25.0 Å². The lowest BCUT2D eigenvalue weighted by Crippen LogP contribution is -2.11. The average Bonchev–Trinajstić information content (AvgIpc) is 3.39. The highest BCUT2D eigenvalue weighted by molar-refractivity contribution is 6.33. The number of fused-ring (bicyclic) bond motifs is 1. The SMILES string of the molecule is CCC(c1nc2nn(CC)nc(-c3ccc(C(F)(F)F)cc3Cl)c-2n1)C1CC1. The van der Waals surface area contributed by atoms with E-state index in [-0.39, 0.29) is 10.9 Å². The Morgan fingerprint density at radius 1 is 1.14 bits per heavy atom. The summed E-state index contributed by atoms with van der Waals surface area (Å²) in [5, 5.41) is 8.80. The van der Waals surface area contributed by atoms with Crippen LogP contribution in [0.4, 0.5) is 13.2 Å². The van der Waals surface area contributed by atoms with Gasteiger partial charge >= 0.3 is 6.18 Å². The predicted octanol–water partition coefficient (Wildman–Crippen LogP) is 5.44. The molecule has 1 atom stereocenters. The monoisotopic (exact) mass is 409 g/mol. The Hall–Kier alpha value is -2.22. The molecule has 5 nitrogen and oxygen atoms in total. The van der Waals surface area contributed by atoms with E-state index in [2.05, 4.69) is 27.1 Å². The number of hydrogen-bond donors (Lipinski definition) is 0. The molecule has 2 aliphatic heterocycles. The largest absolute Gasteiger partial charge is 0.416 e. The molecule has 1 aromatic rings. The zero-order valence-corrected chi connectivity index (χ0v) is 16.2. The Kier molecular flexibility index (Phi) is 4.77. The number of hydrogen-bond acceptors (Lipinski definition) is 4. The summed E-state index contributed by atoms with van der Waals surface area (Å²) in [5.41, 5.74) is 0.453. The lowest BCUT2D eigenvalue weighted by Gasteiger charge is -2.12. The molecule has 1 unspecified atom stereocenters. The lowest BCUT2D eigenvalue weighted by atomic mass is 10.0. The van der Waals surface area contributed by atoms with Crippen molar-refractivity contribution in [3.05, 3.63) is 34.6 Å². The molecule has 28 heavy (non-hydrogen) atoms. The third-order valence-electron chi connectivity index (χ3n) is 5.11. The average molecular weight is 410 g/mol. The highest BCUT2D eigenvalue weighted by atomic mass is 35.5. The summed E-state index contributed by atoms with van der Waals surface area (Å²) in [6.45, 7) is 4.47. The van der Waals surface area contributed by atoms with Gasteiger partial charge in [0.15, 0.2) is 0 Å². The summed E-state index contributed by atoms with van der Waals surface area (Å²) >= 11 is 6.21. The van der Waals surface area contributed by atoms with Crippen molar-refractivity contribution in [2.75, 3.05) is 0 Å². The van der Waals surface area contributed by atoms with Gasteiger partial charge in [-0.25, -0.2) is 9.97 Å². The molecule has 0 N–H and O–H groups in total. The number of imidazole rings is 1. The molecule has 148 valence electrons.